The summed E-state index contributed by atoms with van der Waals surface area (Å²) in [7, 11) is 0. The highest BCUT2D eigenvalue weighted by atomic mass is 32.2. The average molecular weight is 447 g/mol. The van der Waals surface area contributed by atoms with Gasteiger partial charge in [-0.05, 0) is 75.1 Å². The summed E-state index contributed by atoms with van der Waals surface area (Å²) in [5.41, 5.74) is 0.729. The van der Waals surface area contributed by atoms with Crippen molar-refractivity contribution in [3.05, 3.63) is 28.7 Å². The summed E-state index contributed by atoms with van der Waals surface area (Å²) in [4.78, 5) is 40.8. The zero-order valence-corrected chi connectivity index (χ0v) is 19.2. The molecule has 0 N–H and O–H groups in total. The van der Waals surface area contributed by atoms with Crippen molar-refractivity contribution >= 4 is 34.9 Å². The van der Waals surface area contributed by atoms with Gasteiger partial charge < -0.3 is 14.4 Å². The van der Waals surface area contributed by atoms with E-state index in [1.165, 1.54) is 0 Å². The first-order chi connectivity index (χ1) is 14.9. The topological polar surface area (TPSA) is 76.2 Å². The summed E-state index contributed by atoms with van der Waals surface area (Å²) in [6.07, 6.45) is 5.62. The lowest BCUT2D eigenvalue weighted by Gasteiger charge is -2.27. The molecule has 168 valence electrons. The van der Waals surface area contributed by atoms with Crippen LogP contribution >= 0.6 is 11.8 Å². The van der Waals surface area contributed by atoms with E-state index in [4.69, 9.17) is 9.47 Å². The molecule has 0 saturated carbocycles. The molecule has 2 saturated heterocycles. The lowest BCUT2D eigenvalue weighted by Crippen LogP contribution is -2.44. The van der Waals surface area contributed by atoms with Crippen molar-refractivity contribution in [2.24, 2.45) is 0 Å². The molecule has 0 aromatic heterocycles. The molecule has 1 aromatic carbocycles. The Morgan fingerprint density at radius 2 is 1.90 bits per heavy atom. The largest absolute Gasteiger partial charge is 0.490 e. The average Bonchev–Trinajstić information content (AvgIpc) is 3.03. The van der Waals surface area contributed by atoms with Crippen molar-refractivity contribution in [1.29, 1.82) is 0 Å². The van der Waals surface area contributed by atoms with Gasteiger partial charge in [0.25, 0.3) is 11.1 Å². The molecule has 0 aliphatic carbocycles. The fourth-order valence-corrected chi connectivity index (χ4v) is 4.28. The SMILES string of the molecule is CCOc1cc(/C=C2\SC(=O)N(CC(=O)N3CCCCC3)C2=O)ccc1OC(C)CC. The van der Waals surface area contributed by atoms with Gasteiger partial charge in [0.05, 0.1) is 17.6 Å². The second-order valence-electron chi connectivity index (χ2n) is 7.69. The van der Waals surface area contributed by atoms with Gasteiger partial charge in [0.2, 0.25) is 5.91 Å². The number of ether oxygens (including phenoxy) is 2. The van der Waals surface area contributed by atoms with Crippen LogP contribution in [0.2, 0.25) is 0 Å². The van der Waals surface area contributed by atoms with Crippen LogP contribution in [0.25, 0.3) is 6.08 Å². The molecule has 0 bridgehead atoms. The van der Waals surface area contributed by atoms with Gasteiger partial charge in [-0.2, -0.15) is 0 Å². The number of carbonyl (C=O) groups is 3. The molecule has 0 spiro atoms. The van der Waals surface area contributed by atoms with Gasteiger partial charge in [-0.1, -0.05) is 13.0 Å². The molecule has 1 atom stereocenters. The van der Waals surface area contributed by atoms with Crippen molar-refractivity contribution in [1.82, 2.24) is 9.80 Å². The fraction of sp³-hybridized carbons (Fsp3) is 0.522. The van der Waals surface area contributed by atoms with Crippen LogP contribution < -0.4 is 9.47 Å². The summed E-state index contributed by atoms with van der Waals surface area (Å²) in [6.45, 7) is 7.59. The van der Waals surface area contributed by atoms with Crippen LogP contribution in [0.15, 0.2) is 23.1 Å². The number of likely N-dealkylation sites (tertiary alicyclic amines) is 1. The Labute approximate surface area is 187 Å². The van der Waals surface area contributed by atoms with Crippen molar-refractivity contribution in [2.75, 3.05) is 26.2 Å². The summed E-state index contributed by atoms with van der Waals surface area (Å²) in [5, 5.41) is -0.414. The third kappa shape index (κ3) is 5.81. The number of piperidine rings is 1. The molecule has 2 aliphatic heterocycles. The normalized spacial score (nSPS) is 19.1. The van der Waals surface area contributed by atoms with E-state index < -0.39 is 11.1 Å². The number of thioether (sulfide) groups is 1. The maximum Gasteiger partial charge on any atom is 0.294 e. The summed E-state index contributed by atoms with van der Waals surface area (Å²) >= 11 is 0.859. The number of amides is 3. The van der Waals surface area contributed by atoms with E-state index in [2.05, 4.69) is 0 Å². The number of carbonyl (C=O) groups excluding carboxylic acids is 3. The Kier molecular flexibility index (Phi) is 8.01. The van der Waals surface area contributed by atoms with Crippen LogP contribution in [0, 0.1) is 0 Å². The van der Waals surface area contributed by atoms with E-state index in [0.717, 1.165) is 47.9 Å². The highest BCUT2D eigenvalue weighted by Crippen LogP contribution is 2.35. The monoisotopic (exact) mass is 446 g/mol. The highest BCUT2D eigenvalue weighted by molar-refractivity contribution is 8.18. The number of benzene rings is 1. The quantitative estimate of drug-likeness (QED) is 0.554. The Balaban J connectivity index is 1.74. The van der Waals surface area contributed by atoms with E-state index >= 15 is 0 Å². The van der Waals surface area contributed by atoms with Crippen LogP contribution in [0.3, 0.4) is 0 Å². The molecule has 3 amide bonds. The standard InChI is InChI=1S/C23H30N2O5S/c1-4-16(3)30-18-10-9-17(13-19(18)29-5-2)14-20-22(27)25(23(28)31-20)15-21(26)24-11-7-6-8-12-24/h9-10,13-14,16H,4-8,11-12,15H2,1-3H3/b20-14-. The molecule has 1 unspecified atom stereocenters. The van der Waals surface area contributed by atoms with Gasteiger partial charge in [0, 0.05) is 13.1 Å². The van der Waals surface area contributed by atoms with E-state index in [1.807, 2.05) is 32.9 Å². The van der Waals surface area contributed by atoms with E-state index in [9.17, 15) is 14.4 Å². The van der Waals surface area contributed by atoms with Gasteiger partial charge in [-0.15, -0.1) is 0 Å². The first-order valence-corrected chi connectivity index (χ1v) is 11.7. The van der Waals surface area contributed by atoms with E-state index in [0.29, 0.717) is 36.1 Å². The van der Waals surface area contributed by atoms with E-state index in [-0.39, 0.29) is 18.6 Å². The lowest BCUT2D eigenvalue weighted by molar-refractivity contribution is -0.136. The Bertz CT molecular complexity index is 864. The van der Waals surface area contributed by atoms with Gasteiger partial charge in [-0.3, -0.25) is 19.3 Å². The summed E-state index contributed by atoms with van der Waals surface area (Å²) < 4.78 is 11.6. The van der Waals surface area contributed by atoms with E-state index in [1.54, 1.807) is 17.0 Å². The molecule has 8 heteroatoms. The first kappa shape index (κ1) is 23.2. The summed E-state index contributed by atoms with van der Waals surface area (Å²) in [5.74, 6) is 0.635. The van der Waals surface area contributed by atoms with Crippen LogP contribution in [-0.4, -0.2) is 59.2 Å². The lowest BCUT2D eigenvalue weighted by atomic mass is 10.1. The van der Waals surface area contributed by atoms with Crippen LogP contribution in [0.4, 0.5) is 4.79 Å². The maximum absolute atomic E-state index is 12.8. The minimum Gasteiger partial charge on any atom is -0.490 e. The Morgan fingerprint density at radius 3 is 2.58 bits per heavy atom. The fourth-order valence-electron chi connectivity index (χ4n) is 3.45. The number of imide groups is 1. The zero-order chi connectivity index (χ0) is 22.4. The third-order valence-corrected chi connectivity index (χ3v) is 6.25. The van der Waals surface area contributed by atoms with Gasteiger partial charge in [0.1, 0.15) is 6.54 Å². The van der Waals surface area contributed by atoms with Crippen molar-refractivity contribution in [3.8, 4) is 11.5 Å². The molecule has 7 nitrogen and oxygen atoms in total. The minimum atomic E-state index is -0.432. The predicted molar refractivity (Wildman–Crippen MR) is 121 cm³/mol. The van der Waals surface area contributed by atoms with Crippen molar-refractivity contribution in [2.45, 2.75) is 52.6 Å². The predicted octanol–water partition coefficient (Wildman–Crippen LogP) is 4.31. The van der Waals surface area contributed by atoms with Crippen LogP contribution in [0.1, 0.15) is 52.0 Å². The molecule has 2 aliphatic rings. The van der Waals surface area contributed by atoms with Crippen LogP contribution in [-0.2, 0) is 9.59 Å². The number of nitrogens with zero attached hydrogens (tertiary/aromatic N) is 2. The number of hydrogen-bond acceptors (Lipinski definition) is 6. The molecule has 2 fully saturated rings. The van der Waals surface area contributed by atoms with Gasteiger partial charge >= 0.3 is 0 Å². The van der Waals surface area contributed by atoms with Crippen molar-refractivity contribution < 1.29 is 23.9 Å². The Morgan fingerprint density at radius 1 is 1.16 bits per heavy atom. The first-order valence-electron chi connectivity index (χ1n) is 10.9. The molecule has 0 radical (unpaired) electrons. The molecule has 31 heavy (non-hydrogen) atoms. The van der Waals surface area contributed by atoms with Gasteiger partial charge in [0.15, 0.2) is 11.5 Å². The maximum atomic E-state index is 12.8. The van der Waals surface area contributed by atoms with Gasteiger partial charge in [-0.25, -0.2) is 0 Å². The third-order valence-electron chi connectivity index (χ3n) is 5.34. The smallest absolute Gasteiger partial charge is 0.294 e. The number of hydrogen-bond donors (Lipinski definition) is 0. The molecule has 3 rings (SSSR count). The highest BCUT2D eigenvalue weighted by Gasteiger charge is 2.37. The van der Waals surface area contributed by atoms with Crippen molar-refractivity contribution in [3.63, 3.8) is 0 Å². The van der Waals surface area contributed by atoms with Crippen LogP contribution in [0.5, 0.6) is 11.5 Å². The second-order valence-corrected chi connectivity index (χ2v) is 8.68. The molecular formula is C23H30N2O5S. The molecular weight excluding hydrogens is 416 g/mol. The molecule has 1 aromatic rings. The second kappa shape index (κ2) is 10.7. The minimum absolute atomic E-state index is 0.0546. The number of rotatable bonds is 8. The summed E-state index contributed by atoms with van der Waals surface area (Å²) in [6, 6.07) is 5.44. The zero-order valence-electron chi connectivity index (χ0n) is 18.4. The molecule has 2 heterocycles. The Hall–Kier alpha value is -2.48.